The van der Waals surface area contributed by atoms with Crippen molar-refractivity contribution in [3.63, 3.8) is 0 Å². The lowest BCUT2D eigenvalue weighted by molar-refractivity contribution is -0.245. The van der Waals surface area contributed by atoms with Crippen molar-refractivity contribution in [1.29, 1.82) is 0 Å². The zero-order chi connectivity index (χ0) is 28.9. The van der Waals surface area contributed by atoms with Gasteiger partial charge in [-0.05, 0) is 48.2 Å². The van der Waals surface area contributed by atoms with Crippen molar-refractivity contribution < 1.29 is 29.4 Å². The molecule has 10 heteroatoms. The number of unbranched alkanes of at least 4 members (excludes halogenated alkanes) is 3. The molecular weight excluding hydrogens is 542 g/mol. The van der Waals surface area contributed by atoms with Crippen LogP contribution in [0.25, 0.3) is 0 Å². The van der Waals surface area contributed by atoms with Crippen molar-refractivity contribution in [1.82, 2.24) is 10.5 Å². The molecule has 1 aliphatic rings. The van der Waals surface area contributed by atoms with Crippen LogP contribution >= 0.6 is 11.8 Å². The minimum Gasteiger partial charge on any atom is -0.392 e. The van der Waals surface area contributed by atoms with E-state index in [1.165, 1.54) is 0 Å². The number of carbonyl (C=O) groups excluding carboxylic acids is 2. The highest BCUT2D eigenvalue weighted by Crippen LogP contribution is 2.39. The van der Waals surface area contributed by atoms with E-state index in [9.17, 15) is 14.7 Å². The summed E-state index contributed by atoms with van der Waals surface area (Å²) in [5.41, 5.74) is 4.98. The molecule has 3 aromatic rings. The number of rotatable bonds is 14. The molecule has 9 nitrogen and oxygen atoms in total. The second-order valence-electron chi connectivity index (χ2n) is 9.95. The number of hydrogen-bond donors (Lipinski definition) is 4. The maximum absolute atomic E-state index is 12.6. The second kappa shape index (κ2) is 16.2. The monoisotopic (exact) mass is 579 g/mol. The third-order valence-corrected chi connectivity index (χ3v) is 7.87. The summed E-state index contributed by atoms with van der Waals surface area (Å²) in [4.78, 5) is 28.0. The molecule has 1 fully saturated rings. The first kappa shape index (κ1) is 30.7. The van der Waals surface area contributed by atoms with Gasteiger partial charge >= 0.3 is 0 Å². The number of aliphatic hydroxyl groups is 1. The van der Waals surface area contributed by atoms with Crippen molar-refractivity contribution >= 4 is 29.3 Å². The van der Waals surface area contributed by atoms with E-state index in [2.05, 4.69) is 10.3 Å². The average Bonchev–Trinajstić information content (AvgIpc) is 3.02. The van der Waals surface area contributed by atoms with E-state index in [0.717, 1.165) is 34.6 Å². The molecule has 4 rings (SSSR count). The summed E-state index contributed by atoms with van der Waals surface area (Å²) in [6.07, 6.45) is 5.24. The number of hydroxylamine groups is 1. The maximum atomic E-state index is 12.6. The van der Waals surface area contributed by atoms with Gasteiger partial charge < -0.3 is 19.9 Å². The summed E-state index contributed by atoms with van der Waals surface area (Å²) < 4.78 is 12.8. The summed E-state index contributed by atoms with van der Waals surface area (Å²) in [5.74, 6) is 0.244. The van der Waals surface area contributed by atoms with Crippen LogP contribution in [0.1, 0.15) is 74.0 Å². The van der Waals surface area contributed by atoms with Crippen LogP contribution in [0.3, 0.4) is 0 Å². The van der Waals surface area contributed by atoms with Gasteiger partial charge in [-0.3, -0.25) is 14.8 Å². The molecule has 3 atom stereocenters. The number of thioether (sulfide) groups is 1. The molecule has 2 amide bonds. The van der Waals surface area contributed by atoms with Crippen molar-refractivity contribution in [2.75, 3.05) is 11.1 Å². The van der Waals surface area contributed by atoms with E-state index in [1.807, 2.05) is 66.7 Å². The van der Waals surface area contributed by atoms with E-state index in [-0.39, 0.29) is 31.1 Å². The minimum atomic E-state index is -0.617. The molecule has 0 spiro atoms. The molecule has 0 aliphatic carbocycles. The van der Waals surface area contributed by atoms with Gasteiger partial charge in [0.1, 0.15) is 0 Å². The molecule has 0 unspecified atom stereocenters. The summed E-state index contributed by atoms with van der Waals surface area (Å²) in [6.45, 7) is -0.0112. The molecule has 4 N–H and O–H groups in total. The van der Waals surface area contributed by atoms with E-state index >= 15 is 0 Å². The third kappa shape index (κ3) is 9.94. The quantitative estimate of drug-likeness (QED) is 0.0829. The number of pyridine rings is 1. The van der Waals surface area contributed by atoms with Gasteiger partial charge in [0.25, 0.3) is 0 Å². The lowest BCUT2D eigenvalue weighted by Gasteiger charge is -2.36. The van der Waals surface area contributed by atoms with Crippen molar-refractivity contribution in [3.05, 3.63) is 89.6 Å². The van der Waals surface area contributed by atoms with Gasteiger partial charge in [0.15, 0.2) is 6.29 Å². The summed E-state index contributed by atoms with van der Waals surface area (Å²) >= 11 is 1.64. The zero-order valence-corrected chi connectivity index (χ0v) is 23.7. The third-order valence-electron chi connectivity index (χ3n) is 6.79. The number of amides is 2. The van der Waals surface area contributed by atoms with Crippen LogP contribution in [-0.4, -0.2) is 39.0 Å². The highest BCUT2D eigenvalue weighted by Gasteiger charge is 2.32. The smallest absolute Gasteiger partial charge is 0.243 e. The largest absolute Gasteiger partial charge is 0.392 e. The molecule has 1 aromatic heterocycles. The summed E-state index contributed by atoms with van der Waals surface area (Å²) in [5, 5.41) is 21.9. The number of nitrogens with one attached hydrogen (secondary N) is 2. The number of ether oxygens (including phenoxy) is 2. The Kier molecular flexibility index (Phi) is 12.1. The Balaban J connectivity index is 1.37. The molecule has 41 heavy (non-hydrogen) atoms. The summed E-state index contributed by atoms with van der Waals surface area (Å²) in [6, 6.07) is 21.2. The predicted octanol–water partition coefficient (Wildman–Crippen LogP) is 5.70. The van der Waals surface area contributed by atoms with E-state index in [1.54, 1.807) is 23.4 Å². The topological polar surface area (TPSA) is 130 Å². The number of benzene rings is 2. The lowest BCUT2D eigenvalue weighted by Crippen LogP contribution is -2.31. The van der Waals surface area contributed by atoms with E-state index < -0.39 is 12.2 Å². The number of aromatic nitrogens is 1. The molecule has 2 aromatic carbocycles. The molecule has 2 heterocycles. The van der Waals surface area contributed by atoms with E-state index in [4.69, 9.17) is 14.7 Å². The van der Waals surface area contributed by atoms with Crippen LogP contribution in [0, 0.1) is 0 Å². The van der Waals surface area contributed by atoms with Gasteiger partial charge in [0, 0.05) is 42.5 Å². The minimum absolute atomic E-state index is 0.0112. The van der Waals surface area contributed by atoms with Crippen LogP contribution in [0.15, 0.2) is 78.0 Å². The zero-order valence-electron chi connectivity index (χ0n) is 22.9. The van der Waals surface area contributed by atoms with Crippen molar-refractivity contribution in [2.45, 2.75) is 75.1 Å². The summed E-state index contributed by atoms with van der Waals surface area (Å²) in [7, 11) is 0. The average molecular weight is 580 g/mol. The Labute approximate surface area is 244 Å². The van der Waals surface area contributed by atoms with Crippen LogP contribution in [-0.2, 0) is 25.7 Å². The predicted molar refractivity (Wildman–Crippen MR) is 156 cm³/mol. The van der Waals surface area contributed by atoms with Crippen LogP contribution in [0.2, 0.25) is 0 Å². The molecular formula is C31H37N3O6S. The molecule has 0 saturated carbocycles. The molecule has 0 bridgehead atoms. The fourth-order valence-electron chi connectivity index (χ4n) is 4.60. The van der Waals surface area contributed by atoms with Crippen LogP contribution < -0.4 is 10.8 Å². The van der Waals surface area contributed by atoms with Crippen molar-refractivity contribution in [3.8, 4) is 0 Å². The lowest BCUT2D eigenvalue weighted by atomic mass is 10.0. The Hall–Kier alpha value is -3.28. The number of hydrogen-bond acceptors (Lipinski definition) is 8. The van der Waals surface area contributed by atoms with Gasteiger partial charge in [-0.15, -0.1) is 11.8 Å². The Morgan fingerprint density at radius 1 is 0.902 bits per heavy atom. The first-order valence-corrected chi connectivity index (χ1v) is 14.9. The Morgan fingerprint density at radius 3 is 2.39 bits per heavy atom. The maximum Gasteiger partial charge on any atom is 0.243 e. The number of aliphatic hydroxyl groups excluding tert-OH is 1. The van der Waals surface area contributed by atoms with Crippen molar-refractivity contribution in [2.24, 2.45) is 0 Å². The standard InChI is InChI=1S/C31H37N3O6S/c35-20-22-13-15-23(16-14-22)27-19-26(21-41-30-12-5-6-17-32-30)39-31(40-27)24-8-7-9-25(18-24)33-28(36)10-3-1-2-4-11-29(37)34-38/h5-9,12-18,26-27,31,35,38H,1-4,10-11,19-21H2,(H,33,36)(H,34,37)/t26-,27+,31+/m1/s1. The first-order chi connectivity index (χ1) is 20.0. The fraction of sp³-hybridized carbons (Fsp3) is 0.387. The molecule has 218 valence electrons. The first-order valence-electron chi connectivity index (χ1n) is 13.9. The van der Waals surface area contributed by atoms with E-state index in [0.29, 0.717) is 37.1 Å². The SMILES string of the molecule is O=C(CCCCCCC(=O)Nc1cccc([C@H]2O[C@@H](CSc3ccccn3)C[C@@H](c3ccc(CO)cc3)O2)c1)NO. The van der Waals surface area contributed by atoms with Gasteiger partial charge in [-0.1, -0.05) is 55.3 Å². The Morgan fingerprint density at radius 2 is 1.68 bits per heavy atom. The van der Waals surface area contributed by atoms with Gasteiger partial charge in [0.05, 0.1) is 23.8 Å². The van der Waals surface area contributed by atoms with Gasteiger partial charge in [-0.25, -0.2) is 10.5 Å². The van der Waals surface area contributed by atoms with Gasteiger partial charge in [-0.2, -0.15) is 0 Å². The molecule has 1 saturated heterocycles. The number of anilines is 1. The molecule has 0 radical (unpaired) electrons. The van der Waals surface area contributed by atoms with Crippen LogP contribution in [0.4, 0.5) is 5.69 Å². The number of nitrogens with zero attached hydrogens (tertiary/aromatic N) is 1. The molecule has 1 aliphatic heterocycles. The second-order valence-corrected chi connectivity index (χ2v) is 11.0. The highest BCUT2D eigenvalue weighted by atomic mass is 32.2. The normalized spacial score (nSPS) is 18.5. The number of carbonyl (C=O) groups is 2. The van der Waals surface area contributed by atoms with Crippen LogP contribution in [0.5, 0.6) is 0 Å². The fourth-order valence-corrected chi connectivity index (χ4v) is 5.48. The van der Waals surface area contributed by atoms with Gasteiger partial charge in [0.2, 0.25) is 11.8 Å². The Bertz CT molecular complexity index is 1240. The highest BCUT2D eigenvalue weighted by molar-refractivity contribution is 7.99.